The topological polar surface area (TPSA) is 62.7 Å². The van der Waals surface area contributed by atoms with Crippen LogP contribution in [0.4, 0.5) is 0 Å². The van der Waals surface area contributed by atoms with Gasteiger partial charge in [0.1, 0.15) is 17.4 Å². The van der Waals surface area contributed by atoms with Gasteiger partial charge in [0.15, 0.2) is 0 Å². The van der Waals surface area contributed by atoms with Crippen molar-refractivity contribution in [2.24, 2.45) is 5.92 Å². The summed E-state index contributed by atoms with van der Waals surface area (Å²) >= 11 is 1.49. The van der Waals surface area contributed by atoms with Gasteiger partial charge >= 0.3 is 0 Å². The third-order valence-electron chi connectivity index (χ3n) is 5.19. The number of carbonyl (C=O) groups excluding carboxylic acids is 1. The minimum Gasteiger partial charge on any atom is -0.486 e. The SMILES string of the molecule is CC(C)C(=O)N(Cc1ccc(OCc2nc(CO)cs2)cc1)C1CCCCC1. The molecule has 1 heterocycles. The number of aromatic nitrogens is 1. The van der Waals surface area contributed by atoms with Gasteiger partial charge < -0.3 is 14.7 Å². The Kier molecular flexibility index (Phi) is 7.45. The van der Waals surface area contributed by atoms with Gasteiger partial charge in [-0.2, -0.15) is 0 Å². The third kappa shape index (κ3) is 5.55. The fourth-order valence-corrected chi connectivity index (χ4v) is 4.33. The molecule has 28 heavy (non-hydrogen) atoms. The molecule has 0 bridgehead atoms. The van der Waals surface area contributed by atoms with Gasteiger partial charge in [0, 0.05) is 23.9 Å². The Labute approximate surface area is 171 Å². The first-order valence-corrected chi connectivity index (χ1v) is 11.0. The number of nitrogens with zero attached hydrogens (tertiary/aromatic N) is 2. The molecule has 0 unspecified atom stereocenters. The number of benzene rings is 1. The van der Waals surface area contributed by atoms with Crippen molar-refractivity contribution < 1.29 is 14.6 Å². The quantitative estimate of drug-likeness (QED) is 0.704. The van der Waals surface area contributed by atoms with E-state index in [4.69, 9.17) is 9.84 Å². The Bertz CT molecular complexity index is 751. The molecule has 0 spiro atoms. The molecule has 1 aromatic carbocycles. The van der Waals surface area contributed by atoms with E-state index in [1.807, 2.05) is 43.5 Å². The molecular formula is C22H30N2O3S. The molecule has 1 aliphatic rings. The fraction of sp³-hybridized carbons (Fsp3) is 0.545. The number of thiazole rings is 1. The molecule has 1 saturated carbocycles. The first-order chi connectivity index (χ1) is 13.6. The highest BCUT2D eigenvalue weighted by atomic mass is 32.1. The summed E-state index contributed by atoms with van der Waals surface area (Å²) in [6.45, 7) is 4.97. The number of aliphatic hydroxyl groups is 1. The van der Waals surface area contributed by atoms with Crippen LogP contribution in [0.5, 0.6) is 5.75 Å². The number of amides is 1. The lowest BCUT2D eigenvalue weighted by Gasteiger charge is -2.35. The molecule has 6 heteroatoms. The van der Waals surface area contributed by atoms with Crippen LogP contribution in [-0.4, -0.2) is 26.9 Å². The molecule has 3 rings (SSSR count). The van der Waals surface area contributed by atoms with Crippen molar-refractivity contribution in [2.45, 2.75) is 71.8 Å². The van der Waals surface area contributed by atoms with E-state index in [9.17, 15) is 4.79 Å². The van der Waals surface area contributed by atoms with Gasteiger partial charge in [-0.05, 0) is 30.5 Å². The second-order valence-electron chi connectivity index (χ2n) is 7.74. The number of hydrogen-bond donors (Lipinski definition) is 1. The van der Waals surface area contributed by atoms with Crippen molar-refractivity contribution in [3.63, 3.8) is 0 Å². The number of rotatable bonds is 8. The highest BCUT2D eigenvalue weighted by Gasteiger charge is 2.27. The molecule has 1 amide bonds. The van der Waals surface area contributed by atoms with E-state index in [0.29, 0.717) is 24.9 Å². The van der Waals surface area contributed by atoms with E-state index in [0.717, 1.165) is 29.2 Å². The van der Waals surface area contributed by atoms with Crippen molar-refractivity contribution in [2.75, 3.05) is 0 Å². The van der Waals surface area contributed by atoms with Crippen LogP contribution >= 0.6 is 11.3 Å². The van der Waals surface area contributed by atoms with Crippen LogP contribution in [0.2, 0.25) is 0 Å². The van der Waals surface area contributed by atoms with Gasteiger partial charge in [-0.1, -0.05) is 45.2 Å². The zero-order valence-electron chi connectivity index (χ0n) is 16.8. The second kappa shape index (κ2) is 10.0. The first kappa shape index (κ1) is 20.8. The maximum atomic E-state index is 12.8. The lowest BCUT2D eigenvalue weighted by molar-refractivity contribution is -0.138. The minimum atomic E-state index is -0.0439. The van der Waals surface area contributed by atoms with Crippen LogP contribution in [0.1, 0.15) is 62.2 Å². The summed E-state index contributed by atoms with van der Waals surface area (Å²) in [7, 11) is 0. The van der Waals surface area contributed by atoms with E-state index in [1.165, 1.54) is 30.6 Å². The van der Waals surface area contributed by atoms with Crippen molar-refractivity contribution in [3.05, 3.63) is 45.9 Å². The summed E-state index contributed by atoms with van der Waals surface area (Å²) in [5.74, 6) is 1.05. The average Bonchev–Trinajstić information content (AvgIpc) is 3.19. The number of carbonyl (C=O) groups is 1. The lowest BCUT2D eigenvalue weighted by Crippen LogP contribution is -2.42. The molecule has 5 nitrogen and oxygen atoms in total. The first-order valence-electron chi connectivity index (χ1n) is 10.1. The van der Waals surface area contributed by atoms with Gasteiger partial charge in [0.05, 0.1) is 12.3 Å². The van der Waals surface area contributed by atoms with Gasteiger partial charge in [0.2, 0.25) is 5.91 Å². The van der Waals surface area contributed by atoms with Gasteiger partial charge in [0.25, 0.3) is 0 Å². The standard InChI is InChI=1S/C22H30N2O3S/c1-16(2)22(26)24(19-6-4-3-5-7-19)12-17-8-10-20(11-9-17)27-14-21-23-18(13-25)15-28-21/h8-11,15-16,19,25H,3-7,12-14H2,1-2H3. The van der Waals surface area contributed by atoms with E-state index in [2.05, 4.69) is 9.88 Å². The van der Waals surface area contributed by atoms with Crippen LogP contribution in [0, 0.1) is 5.92 Å². The van der Waals surface area contributed by atoms with Crippen molar-refractivity contribution in [1.29, 1.82) is 0 Å². The predicted octanol–water partition coefficient (Wildman–Crippen LogP) is 4.53. The molecule has 152 valence electrons. The summed E-state index contributed by atoms with van der Waals surface area (Å²) in [5.41, 5.74) is 1.81. The molecule has 2 aromatic rings. The fourth-order valence-electron chi connectivity index (χ4n) is 3.63. The molecule has 0 radical (unpaired) electrons. The molecule has 0 saturated heterocycles. The maximum absolute atomic E-state index is 12.8. The molecule has 0 atom stereocenters. The maximum Gasteiger partial charge on any atom is 0.225 e. The average molecular weight is 403 g/mol. The largest absolute Gasteiger partial charge is 0.486 e. The predicted molar refractivity (Wildman–Crippen MR) is 111 cm³/mol. The summed E-state index contributed by atoms with van der Waals surface area (Å²) < 4.78 is 5.80. The summed E-state index contributed by atoms with van der Waals surface area (Å²) in [4.78, 5) is 19.2. The van der Waals surface area contributed by atoms with E-state index in [1.54, 1.807) is 0 Å². The number of hydrogen-bond acceptors (Lipinski definition) is 5. The van der Waals surface area contributed by atoms with Crippen LogP contribution in [0.3, 0.4) is 0 Å². The Morgan fingerprint density at radius 1 is 1.25 bits per heavy atom. The summed E-state index contributed by atoms with van der Waals surface area (Å²) in [6, 6.07) is 8.36. The highest BCUT2D eigenvalue weighted by molar-refractivity contribution is 7.09. The Morgan fingerprint density at radius 3 is 2.57 bits per heavy atom. The van der Waals surface area contributed by atoms with Crippen molar-refractivity contribution in [3.8, 4) is 5.75 Å². The number of ether oxygens (including phenoxy) is 1. The molecule has 0 aliphatic heterocycles. The smallest absolute Gasteiger partial charge is 0.225 e. The molecule has 1 aliphatic carbocycles. The zero-order valence-corrected chi connectivity index (χ0v) is 17.6. The molecule has 1 fully saturated rings. The van der Waals surface area contributed by atoms with E-state index < -0.39 is 0 Å². The van der Waals surface area contributed by atoms with Gasteiger partial charge in [-0.15, -0.1) is 11.3 Å². The van der Waals surface area contributed by atoms with Gasteiger partial charge in [-0.25, -0.2) is 4.98 Å². The molecule has 1 N–H and O–H groups in total. The van der Waals surface area contributed by atoms with E-state index >= 15 is 0 Å². The third-order valence-corrected chi connectivity index (χ3v) is 6.06. The molecule has 1 aromatic heterocycles. The Morgan fingerprint density at radius 2 is 1.96 bits per heavy atom. The van der Waals surface area contributed by atoms with Crippen LogP contribution < -0.4 is 4.74 Å². The van der Waals surface area contributed by atoms with Crippen LogP contribution in [-0.2, 0) is 24.6 Å². The Balaban J connectivity index is 1.61. The minimum absolute atomic E-state index is 0.0200. The molecular weight excluding hydrogens is 372 g/mol. The lowest BCUT2D eigenvalue weighted by atomic mass is 9.93. The van der Waals surface area contributed by atoms with Gasteiger partial charge in [-0.3, -0.25) is 4.79 Å². The number of aliphatic hydroxyl groups excluding tert-OH is 1. The zero-order chi connectivity index (χ0) is 19.9. The highest BCUT2D eigenvalue weighted by Crippen LogP contribution is 2.26. The monoisotopic (exact) mass is 402 g/mol. The summed E-state index contributed by atoms with van der Waals surface area (Å²) in [6.07, 6.45) is 5.94. The second-order valence-corrected chi connectivity index (χ2v) is 8.68. The van der Waals surface area contributed by atoms with Crippen LogP contribution in [0.25, 0.3) is 0 Å². The Hall–Kier alpha value is -1.92. The van der Waals surface area contributed by atoms with Crippen LogP contribution in [0.15, 0.2) is 29.6 Å². The summed E-state index contributed by atoms with van der Waals surface area (Å²) in [5, 5.41) is 11.8. The van der Waals surface area contributed by atoms with E-state index in [-0.39, 0.29) is 18.4 Å². The van der Waals surface area contributed by atoms with Crippen molar-refractivity contribution in [1.82, 2.24) is 9.88 Å². The normalized spacial score (nSPS) is 15.0. The van der Waals surface area contributed by atoms with Crippen molar-refractivity contribution >= 4 is 17.2 Å².